The van der Waals surface area contributed by atoms with Crippen molar-refractivity contribution in [3.63, 3.8) is 0 Å². The second kappa shape index (κ2) is 9.36. The average Bonchev–Trinajstić information content (AvgIpc) is 2.80. The van der Waals surface area contributed by atoms with Crippen molar-refractivity contribution in [3.05, 3.63) is 111 Å². The molecular weight excluding hydrogens is 412 g/mol. The molecule has 0 fully saturated rings. The van der Waals surface area contributed by atoms with E-state index in [2.05, 4.69) is 15.2 Å². The maximum absolute atomic E-state index is 13.0. The summed E-state index contributed by atoms with van der Waals surface area (Å²) in [6, 6.07) is 24.0. The first-order valence-corrected chi connectivity index (χ1v) is 10.0. The van der Waals surface area contributed by atoms with Crippen molar-refractivity contribution in [2.24, 2.45) is 10.3 Å². The Morgan fingerprint density at radius 2 is 1.74 bits per heavy atom. The van der Waals surface area contributed by atoms with Crippen molar-refractivity contribution in [2.45, 2.75) is 13.5 Å². The lowest BCUT2D eigenvalue weighted by molar-refractivity contribution is 0.122. The van der Waals surface area contributed by atoms with Crippen molar-refractivity contribution >= 4 is 34.4 Å². The molecule has 154 valence electrons. The Labute approximate surface area is 184 Å². The number of nitrogens with zero attached hydrogens (tertiary/aromatic N) is 4. The Hall–Kier alpha value is -3.77. The highest BCUT2D eigenvalue weighted by molar-refractivity contribution is 6.30. The molecule has 0 unspecified atom stereocenters. The summed E-state index contributed by atoms with van der Waals surface area (Å²) >= 11 is 5.93. The molecule has 0 aliphatic rings. The summed E-state index contributed by atoms with van der Waals surface area (Å²) in [5.41, 5.74) is 2.77. The lowest BCUT2D eigenvalue weighted by Crippen LogP contribution is -2.22. The van der Waals surface area contributed by atoms with Crippen LogP contribution in [0.15, 0.2) is 93.9 Å². The molecule has 0 N–H and O–H groups in total. The van der Waals surface area contributed by atoms with E-state index in [4.69, 9.17) is 16.4 Å². The third-order valence-corrected chi connectivity index (χ3v) is 4.85. The van der Waals surface area contributed by atoms with Gasteiger partial charge in [0.05, 0.1) is 22.8 Å². The van der Waals surface area contributed by atoms with Crippen molar-refractivity contribution in [1.29, 1.82) is 0 Å². The summed E-state index contributed by atoms with van der Waals surface area (Å²) in [5.74, 6) is 0.346. The number of rotatable bonds is 6. The van der Waals surface area contributed by atoms with E-state index in [-0.39, 0.29) is 12.2 Å². The van der Waals surface area contributed by atoms with Crippen molar-refractivity contribution in [2.75, 3.05) is 0 Å². The van der Waals surface area contributed by atoms with Crippen LogP contribution in [0.4, 0.5) is 0 Å². The lowest BCUT2D eigenvalue weighted by Gasteiger charge is -2.09. The van der Waals surface area contributed by atoms with Gasteiger partial charge in [0.25, 0.3) is 5.56 Å². The molecule has 1 aromatic heterocycles. The van der Waals surface area contributed by atoms with Crippen LogP contribution in [-0.4, -0.2) is 21.6 Å². The Kier molecular flexibility index (Phi) is 6.19. The summed E-state index contributed by atoms with van der Waals surface area (Å²) in [7, 11) is 0. The molecular formula is C24H19ClN4O2. The van der Waals surface area contributed by atoms with E-state index in [1.165, 1.54) is 4.68 Å². The van der Waals surface area contributed by atoms with Crippen LogP contribution < -0.4 is 5.56 Å². The first-order valence-electron chi connectivity index (χ1n) is 9.64. The van der Waals surface area contributed by atoms with Crippen molar-refractivity contribution in [1.82, 2.24) is 9.66 Å². The molecule has 0 bridgehead atoms. The van der Waals surface area contributed by atoms with Crippen LogP contribution in [0.25, 0.3) is 10.9 Å². The molecule has 0 saturated carbocycles. The molecule has 0 radical (unpaired) electrons. The zero-order valence-corrected chi connectivity index (χ0v) is 17.5. The van der Waals surface area contributed by atoms with E-state index in [9.17, 15) is 4.79 Å². The number of halogens is 1. The van der Waals surface area contributed by atoms with Crippen LogP contribution >= 0.6 is 11.6 Å². The normalized spacial score (nSPS) is 11.9. The predicted octanol–water partition coefficient (Wildman–Crippen LogP) is 4.87. The minimum atomic E-state index is -0.279. The van der Waals surface area contributed by atoms with Gasteiger partial charge in [-0.3, -0.25) is 4.79 Å². The van der Waals surface area contributed by atoms with E-state index in [0.29, 0.717) is 21.7 Å². The average molecular weight is 431 g/mol. The molecule has 4 aromatic rings. The van der Waals surface area contributed by atoms with E-state index >= 15 is 0 Å². The van der Waals surface area contributed by atoms with E-state index in [1.807, 2.05) is 55.5 Å². The number of benzene rings is 3. The van der Waals surface area contributed by atoms with Crippen LogP contribution in [0.3, 0.4) is 0 Å². The van der Waals surface area contributed by atoms with Gasteiger partial charge in [0, 0.05) is 5.02 Å². The topological polar surface area (TPSA) is 68.8 Å². The number of hydrogen-bond donors (Lipinski definition) is 0. The molecule has 0 aliphatic heterocycles. The van der Waals surface area contributed by atoms with Gasteiger partial charge in [-0.05, 0) is 42.3 Å². The molecule has 0 saturated heterocycles. The van der Waals surface area contributed by atoms with Crippen molar-refractivity contribution < 1.29 is 4.84 Å². The Bertz CT molecular complexity index is 1310. The predicted molar refractivity (Wildman–Crippen MR) is 124 cm³/mol. The van der Waals surface area contributed by atoms with Crippen LogP contribution in [0.1, 0.15) is 23.9 Å². The van der Waals surface area contributed by atoms with Crippen molar-refractivity contribution in [3.8, 4) is 0 Å². The number of para-hydroxylation sites is 1. The molecule has 4 rings (SSSR count). The smallest absolute Gasteiger partial charge is 0.282 e. The first kappa shape index (κ1) is 20.5. The molecule has 6 nitrogen and oxygen atoms in total. The SMILES string of the molecule is C/C(=N\OCc1nc2ccccc2c(=O)n1/N=C/c1ccc(Cl)cc1)c1ccccc1. The zero-order valence-electron chi connectivity index (χ0n) is 16.8. The van der Waals surface area contributed by atoms with Gasteiger partial charge in [-0.25, -0.2) is 4.98 Å². The maximum Gasteiger partial charge on any atom is 0.282 e. The molecule has 3 aromatic carbocycles. The van der Waals surface area contributed by atoms with E-state index < -0.39 is 0 Å². The van der Waals surface area contributed by atoms with Gasteiger partial charge in [0.2, 0.25) is 0 Å². The summed E-state index contributed by atoms with van der Waals surface area (Å²) in [6.07, 6.45) is 1.58. The Morgan fingerprint density at radius 3 is 2.52 bits per heavy atom. The first-order chi connectivity index (χ1) is 15.1. The van der Waals surface area contributed by atoms with E-state index in [1.54, 1.807) is 36.5 Å². The lowest BCUT2D eigenvalue weighted by atomic mass is 10.1. The van der Waals surface area contributed by atoms with Crippen LogP contribution in [0.5, 0.6) is 0 Å². The van der Waals surface area contributed by atoms with E-state index in [0.717, 1.165) is 16.8 Å². The summed E-state index contributed by atoms with van der Waals surface area (Å²) in [6.45, 7) is 1.84. The summed E-state index contributed by atoms with van der Waals surface area (Å²) < 4.78 is 1.24. The minimum Gasteiger partial charge on any atom is -0.387 e. The highest BCUT2D eigenvalue weighted by Crippen LogP contribution is 2.11. The molecule has 7 heteroatoms. The third-order valence-electron chi connectivity index (χ3n) is 4.60. The fraction of sp³-hybridized carbons (Fsp3) is 0.0833. The molecule has 0 aliphatic carbocycles. The largest absolute Gasteiger partial charge is 0.387 e. The summed E-state index contributed by atoms with van der Waals surface area (Å²) in [5, 5.41) is 9.62. The number of aromatic nitrogens is 2. The maximum atomic E-state index is 13.0. The molecule has 1 heterocycles. The second-order valence-corrected chi connectivity index (χ2v) is 7.21. The van der Waals surface area contributed by atoms with Gasteiger partial charge in [0.15, 0.2) is 12.4 Å². The van der Waals surface area contributed by atoms with Gasteiger partial charge in [-0.15, -0.1) is 0 Å². The van der Waals surface area contributed by atoms with Gasteiger partial charge in [-0.1, -0.05) is 71.4 Å². The standard InChI is InChI=1S/C24H19ClN4O2/c1-17(19-7-3-2-4-8-19)28-31-16-23-27-22-10-6-5-9-21(22)24(30)29(23)26-15-18-11-13-20(25)14-12-18/h2-15H,16H2,1H3/b26-15+,28-17+. The van der Waals surface area contributed by atoms with Gasteiger partial charge in [-0.2, -0.15) is 9.78 Å². The minimum absolute atomic E-state index is 0.0117. The second-order valence-electron chi connectivity index (χ2n) is 6.77. The molecule has 31 heavy (non-hydrogen) atoms. The molecule has 0 spiro atoms. The van der Waals surface area contributed by atoms with Gasteiger partial charge in [0.1, 0.15) is 0 Å². The monoisotopic (exact) mass is 430 g/mol. The zero-order chi connectivity index (χ0) is 21.6. The summed E-state index contributed by atoms with van der Waals surface area (Å²) in [4.78, 5) is 23.1. The number of hydrogen-bond acceptors (Lipinski definition) is 5. The Morgan fingerprint density at radius 1 is 1.03 bits per heavy atom. The van der Waals surface area contributed by atoms with Gasteiger partial charge >= 0.3 is 0 Å². The highest BCUT2D eigenvalue weighted by Gasteiger charge is 2.11. The third kappa shape index (κ3) is 4.87. The van der Waals surface area contributed by atoms with Gasteiger partial charge < -0.3 is 4.84 Å². The quantitative estimate of drug-likeness (QED) is 0.323. The highest BCUT2D eigenvalue weighted by atomic mass is 35.5. The molecule has 0 amide bonds. The molecule has 0 atom stereocenters. The number of fused-ring (bicyclic) bond motifs is 1. The van der Waals surface area contributed by atoms with Crippen LogP contribution in [0.2, 0.25) is 5.02 Å². The Balaban J connectivity index is 1.67. The fourth-order valence-corrected chi connectivity index (χ4v) is 3.10. The number of oxime groups is 1. The fourth-order valence-electron chi connectivity index (χ4n) is 2.97. The van der Waals surface area contributed by atoms with Crippen LogP contribution in [-0.2, 0) is 11.4 Å². The van der Waals surface area contributed by atoms with Crippen LogP contribution in [0, 0.1) is 0 Å².